The number of carbonyl (C=O) groups excluding carboxylic acids is 2. The number of thioether (sulfide) groups is 1. The van der Waals surface area contributed by atoms with Crippen molar-refractivity contribution in [1.29, 1.82) is 0 Å². The molecule has 0 spiro atoms. The number of ether oxygens (including phenoxy) is 3. The van der Waals surface area contributed by atoms with E-state index in [9.17, 15) is 9.59 Å². The van der Waals surface area contributed by atoms with E-state index in [0.717, 1.165) is 24.6 Å². The van der Waals surface area contributed by atoms with Gasteiger partial charge in [0.2, 0.25) is 17.5 Å². The Morgan fingerprint density at radius 2 is 1.72 bits per heavy atom. The highest BCUT2D eigenvalue weighted by Gasteiger charge is 2.26. The van der Waals surface area contributed by atoms with Crippen LogP contribution >= 0.6 is 11.8 Å². The number of hydrogen-bond donors (Lipinski definition) is 2. The van der Waals surface area contributed by atoms with Gasteiger partial charge in [0, 0.05) is 11.6 Å². The number of carbonyl (C=O) groups is 2. The van der Waals surface area contributed by atoms with Gasteiger partial charge in [0.05, 0.1) is 25.1 Å². The van der Waals surface area contributed by atoms with Crippen molar-refractivity contribution in [2.75, 3.05) is 19.8 Å². The summed E-state index contributed by atoms with van der Waals surface area (Å²) in [6.07, 6.45) is 1.89. The van der Waals surface area contributed by atoms with E-state index in [1.807, 2.05) is 20.8 Å². The van der Waals surface area contributed by atoms with Gasteiger partial charge >= 0.3 is 6.03 Å². The van der Waals surface area contributed by atoms with Gasteiger partial charge in [-0.2, -0.15) is 0 Å². The van der Waals surface area contributed by atoms with E-state index < -0.39 is 17.2 Å². The molecule has 1 atom stereocenters. The van der Waals surface area contributed by atoms with E-state index >= 15 is 0 Å². The normalized spacial score (nSPS) is 13.9. The summed E-state index contributed by atoms with van der Waals surface area (Å²) >= 11 is 1.06. The third kappa shape index (κ3) is 6.28. The van der Waals surface area contributed by atoms with Crippen molar-refractivity contribution in [3.05, 3.63) is 12.1 Å². The summed E-state index contributed by atoms with van der Waals surface area (Å²) in [6, 6.07) is 3.17. The molecule has 1 heterocycles. The third-order valence-corrected chi connectivity index (χ3v) is 5.29. The van der Waals surface area contributed by atoms with Crippen LogP contribution in [0.2, 0.25) is 0 Å². The lowest BCUT2D eigenvalue weighted by atomic mass is 10.2. The Morgan fingerprint density at radius 1 is 1.09 bits per heavy atom. The van der Waals surface area contributed by atoms with E-state index in [-0.39, 0.29) is 17.2 Å². The molecule has 0 aliphatic heterocycles. The Kier molecular flexibility index (Phi) is 8.20. The molecule has 1 aliphatic carbocycles. The second-order valence-electron chi connectivity index (χ2n) is 6.97. The topological polar surface area (TPSA) is 125 Å². The molecule has 2 N–H and O–H groups in total. The molecule has 1 aromatic heterocycles. The summed E-state index contributed by atoms with van der Waals surface area (Å²) < 4.78 is 22.9. The fourth-order valence-electron chi connectivity index (χ4n) is 2.75. The molecule has 0 saturated heterocycles. The summed E-state index contributed by atoms with van der Waals surface area (Å²) in [5.74, 6) is 1.35. The van der Waals surface area contributed by atoms with Crippen molar-refractivity contribution in [3.8, 4) is 28.7 Å². The van der Waals surface area contributed by atoms with Gasteiger partial charge in [-0.15, -0.1) is 10.2 Å². The van der Waals surface area contributed by atoms with Crippen LogP contribution < -0.4 is 24.8 Å². The molecule has 174 valence electrons. The van der Waals surface area contributed by atoms with Crippen molar-refractivity contribution in [1.82, 2.24) is 20.8 Å². The SMILES string of the molecule is CCOc1cc(-c2nnc(SC(C)C(=O)NC(=O)NC3CC3)o2)cc(OCC)c1OCC. The van der Waals surface area contributed by atoms with Crippen LogP contribution in [0.15, 0.2) is 21.8 Å². The standard InChI is InChI=1S/C21H28N4O6S/c1-5-28-15-10-13(11-16(29-6-2)17(15)30-7-3)19-24-25-21(31-19)32-12(4)18(26)23-20(27)22-14-8-9-14/h10-12,14H,5-9H2,1-4H3,(H2,22,23,26,27). The predicted octanol–water partition coefficient (Wildman–Crippen LogP) is 3.40. The zero-order valence-electron chi connectivity index (χ0n) is 18.6. The number of amides is 3. The minimum Gasteiger partial charge on any atom is -0.490 e. The summed E-state index contributed by atoms with van der Waals surface area (Å²) in [6.45, 7) is 8.64. The Hall–Kier alpha value is -2.95. The van der Waals surface area contributed by atoms with Crippen LogP contribution in [0.5, 0.6) is 17.2 Å². The summed E-state index contributed by atoms with van der Waals surface area (Å²) in [7, 11) is 0. The molecule has 1 saturated carbocycles. The average molecular weight is 465 g/mol. The van der Waals surface area contributed by atoms with Gasteiger partial charge in [-0.1, -0.05) is 11.8 Å². The van der Waals surface area contributed by atoms with Crippen molar-refractivity contribution in [2.24, 2.45) is 0 Å². The lowest BCUT2D eigenvalue weighted by molar-refractivity contribution is -0.119. The number of nitrogens with one attached hydrogen (secondary N) is 2. The monoisotopic (exact) mass is 464 g/mol. The molecule has 3 amide bonds. The maximum absolute atomic E-state index is 12.2. The van der Waals surface area contributed by atoms with Crippen molar-refractivity contribution >= 4 is 23.7 Å². The number of rotatable bonds is 11. The summed E-state index contributed by atoms with van der Waals surface area (Å²) in [4.78, 5) is 24.0. The first-order valence-electron chi connectivity index (χ1n) is 10.6. The van der Waals surface area contributed by atoms with Crippen LogP contribution in [0.1, 0.15) is 40.5 Å². The van der Waals surface area contributed by atoms with E-state index in [2.05, 4.69) is 20.8 Å². The van der Waals surface area contributed by atoms with Crippen LogP contribution in [0, 0.1) is 0 Å². The fraction of sp³-hybridized carbons (Fsp3) is 0.524. The van der Waals surface area contributed by atoms with Crippen LogP contribution in [0.3, 0.4) is 0 Å². The van der Waals surface area contributed by atoms with Gasteiger partial charge < -0.3 is 23.9 Å². The minimum atomic E-state index is -0.605. The summed E-state index contributed by atoms with van der Waals surface area (Å²) in [5.41, 5.74) is 0.598. The third-order valence-electron chi connectivity index (χ3n) is 4.36. The highest BCUT2D eigenvalue weighted by Crippen LogP contribution is 2.42. The number of aromatic nitrogens is 2. The molecule has 32 heavy (non-hydrogen) atoms. The summed E-state index contributed by atoms with van der Waals surface area (Å²) in [5, 5.41) is 12.7. The zero-order chi connectivity index (χ0) is 23.1. The second kappa shape index (κ2) is 11.1. The molecular weight excluding hydrogens is 436 g/mol. The van der Waals surface area contributed by atoms with E-state index in [1.54, 1.807) is 19.1 Å². The first kappa shape index (κ1) is 23.7. The van der Waals surface area contributed by atoms with Crippen LogP contribution in [-0.2, 0) is 4.79 Å². The smallest absolute Gasteiger partial charge is 0.321 e. The van der Waals surface area contributed by atoms with Crippen LogP contribution in [0.4, 0.5) is 4.79 Å². The molecule has 3 rings (SSSR count). The van der Waals surface area contributed by atoms with E-state index in [1.165, 1.54) is 0 Å². The Bertz CT molecular complexity index is 919. The van der Waals surface area contributed by atoms with E-state index in [0.29, 0.717) is 42.6 Å². The van der Waals surface area contributed by atoms with Gasteiger partial charge in [-0.25, -0.2) is 4.79 Å². The predicted molar refractivity (Wildman–Crippen MR) is 118 cm³/mol. The van der Waals surface area contributed by atoms with E-state index in [4.69, 9.17) is 18.6 Å². The lowest BCUT2D eigenvalue weighted by Gasteiger charge is -2.16. The number of imide groups is 1. The van der Waals surface area contributed by atoms with Gasteiger partial charge in [0.1, 0.15) is 0 Å². The zero-order valence-corrected chi connectivity index (χ0v) is 19.4. The van der Waals surface area contributed by atoms with Crippen molar-refractivity contribution in [3.63, 3.8) is 0 Å². The minimum absolute atomic E-state index is 0.168. The largest absolute Gasteiger partial charge is 0.490 e. The second-order valence-corrected chi connectivity index (χ2v) is 8.26. The van der Waals surface area contributed by atoms with Crippen molar-refractivity contribution < 1.29 is 28.2 Å². The lowest BCUT2D eigenvalue weighted by Crippen LogP contribution is -2.43. The molecule has 0 radical (unpaired) electrons. The molecule has 2 aromatic rings. The molecule has 10 nitrogen and oxygen atoms in total. The van der Waals surface area contributed by atoms with Crippen molar-refractivity contribution in [2.45, 2.75) is 57.1 Å². The molecule has 1 aliphatic rings. The molecule has 1 fully saturated rings. The average Bonchev–Trinajstić information content (AvgIpc) is 3.44. The van der Waals surface area contributed by atoms with Gasteiger partial charge in [0.25, 0.3) is 5.22 Å². The maximum Gasteiger partial charge on any atom is 0.321 e. The molecular formula is C21H28N4O6S. The molecule has 0 bridgehead atoms. The Morgan fingerprint density at radius 3 is 2.28 bits per heavy atom. The first-order chi connectivity index (χ1) is 15.4. The van der Waals surface area contributed by atoms with Gasteiger partial charge in [-0.05, 0) is 52.7 Å². The highest BCUT2D eigenvalue weighted by atomic mass is 32.2. The number of nitrogens with zero attached hydrogens (tertiary/aromatic N) is 2. The molecule has 11 heteroatoms. The van der Waals surface area contributed by atoms with Crippen LogP contribution in [-0.4, -0.2) is 53.2 Å². The van der Waals surface area contributed by atoms with Gasteiger partial charge in [-0.3, -0.25) is 10.1 Å². The Balaban J connectivity index is 1.73. The quantitative estimate of drug-likeness (QED) is 0.481. The number of benzene rings is 1. The highest BCUT2D eigenvalue weighted by molar-refractivity contribution is 8.00. The maximum atomic E-state index is 12.2. The Labute approximate surface area is 190 Å². The fourth-order valence-corrected chi connectivity index (χ4v) is 3.44. The number of urea groups is 1. The number of hydrogen-bond acceptors (Lipinski definition) is 9. The van der Waals surface area contributed by atoms with Gasteiger partial charge in [0.15, 0.2) is 11.5 Å². The molecule has 1 unspecified atom stereocenters. The first-order valence-corrected chi connectivity index (χ1v) is 11.5. The van der Waals surface area contributed by atoms with Crippen LogP contribution in [0.25, 0.3) is 11.5 Å². The molecule has 1 aromatic carbocycles.